The number of rotatable bonds is 5. The van der Waals surface area contributed by atoms with Crippen molar-refractivity contribution in [2.24, 2.45) is 4.99 Å². The molecular formula is C20H20N2O3S. The normalized spacial score (nSPS) is 11.6. The van der Waals surface area contributed by atoms with Crippen LogP contribution in [0.5, 0.6) is 11.5 Å². The molecule has 0 saturated heterocycles. The summed E-state index contributed by atoms with van der Waals surface area (Å²) in [5, 5.41) is 0. The number of ether oxygens (including phenoxy) is 2. The predicted octanol–water partition coefficient (Wildman–Crippen LogP) is 3.96. The van der Waals surface area contributed by atoms with Crippen molar-refractivity contribution in [2.75, 3.05) is 14.2 Å². The number of carbonyl (C=O) groups excluding carboxylic acids is 1. The van der Waals surface area contributed by atoms with Gasteiger partial charge in [0.15, 0.2) is 16.3 Å². The molecule has 1 heterocycles. The number of hydrogen-bond donors (Lipinski definition) is 0. The van der Waals surface area contributed by atoms with Gasteiger partial charge in [0.05, 0.1) is 24.4 Å². The fourth-order valence-corrected chi connectivity index (χ4v) is 3.80. The van der Waals surface area contributed by atoms with Gasteiger partial charge in [-0.05, 0) is 18.6 Å². The minimum absolute atomic E-state index is 0.258. The van der Waals surface area contributed by atoms with E-state index in [4.69, 9.17) is 9.47 Å². The van der Waals surface area contributed by atoms with Crippen LogP contribution in [-0.2, 0) is 6.54 Å². The second-order valence-electron chi connectivity index (χ2n) is 5.69. The van der Waals surface area contributed by atoms with Crippen LogP contribution in [0.2, 0.25) is 0 Å². The molecule has 134 valence electrons. The fourth-order valence-electron chi connectivity index (χ4n) is 2.75. The van der Waals surface area contributed by atoms with E-state index in [2.05, 4.69) is 11.6 Å². The van der Waals surface area contributed by atoms with Crippen LogP contribution in [0, 0.1) is 6.92 Å². The van der Waals surface area contributed by atoms with E-state index >= 15 is 0 Å². The lowest BCUT2D eigenvalue weighted by molar-refractivity contribution is 0.0997. The Morgan fingerprint density at radius 2 is 1.92 bits per heavy atom. The molecule has 26 heavy (non-hydrogen) atoms. The topological polar surface area (TPSA) is 52.8 Å². The number of amides is 1. The summed E-state index contributed by atoms with van der Waals surface area (Å²) in [5.41, 5.74) is 2.43. The molecule has 0 bridgehead atoms. The van der Waals surface area contributed by atoms with Crippen LogP contribution in [0.4, 0.5) is 0 Å². The molecule has 0 aliphatic rings. The molecule has 0 fully saturated rings. The third-order valence-electron chi connectivity index (χ3n) is 4.07. The monoisotopic (exact) mass is 368 g/mol. The van der Waals surface area contributed by atoms with E-state index in [1.807, 2.05) is 41.8 Å². The second-order valence-corrected chi connectivity index (χ2v) is 6.70. The molecule has 6 heteroatoms. The summed E-state index contributed by atoms with van der Waals surface area (Å²) in [6.07, 6.45) is 1.78. The van der Waals surface area contributed by atoms with Gasteiger partial charge >= 0.3 is 0 Å². The molecule has 3 aromatic rings. The fraction of sp³-hybridized carbons (Fsp3) is 0.200. The van der Waals surface area contributed by atoms with Gasteiger partial charge in [-0.2, -0.15) is 4.99 Å². The minimum Gasteiger partial charge on any atom is -0.493 e. The van der Waals surface area contributed by atoms with Crippen molar-refractivity contribution in [3.05, 3.63) is 65.0 Å². The van der Waals surface area contributed by atoms with Crippen molar-refractivity contribution in [1.29, 1.82) is 0 Å². The lowest BCUT2D eigenvalue weighted by atomic mass is 10.1. The summed E-state index contributed by atoms with van der Waals surface area (Å²) in [7, 11) is 3.20. The number of carbonyl (C=O) groups is 1. The average Bonchev–Trinajstić information content (AvgIpc) is 2.97. The summed E-state index contributed by atoms with van der Waals surface area (Å²) in [5.74, 6) is 1.02. The number of nitrogens with zero attached hydrogens (tertiary/aromatic N) is 2. The Kier molecular flexibility index (Phi) is 5.23. The second kappa shape index (κ2) is 7.58. The molecule has 0 radical (unpaired) electrons. The third-order valence-corrected chi connectivity index (χ3v) is 5.11. The van der Waals surface area contributed by atoms with Crippen LogP contribution in [0.15, 0.2) is 54.0 Å². The van der Waals surface area contributed by atoms with E-state index in [0.717, 1.165) is 15.8 Å². The van der Waals surface area contributed by atoms with Crippen molar-refractivity contribution in [3.8, 4) is 11.5 Å². The minimum atomic E-state index is -0.258. The number of allylic oxidation sites excluding steroid dienone is 1. The number of fused-ring (bicyclic) bond motifs is 1. The Bertz CT molecular complexity index is 1050. The molecule has 5 nitrogen and oxygen atoms in total. The summed E-state index contributed by atoms with van der Waals surface area (Å²) >= 11 is 1.43. The van der Waals surface area contributed by atoms with Gasteiger partial charge < -0.3 is 14.0 Å². The molecule has 1 aromatic heterocycles. The Hall–Kier alpha value is -2.86. The van der Waals surface area contributed by atoms with Gasteiger partial charge in [0.1, 0.15) is 0 Å². The Morgan fingerprint density at radius 3 is 2.58 bits per heavy atom. The number of benzene rings is 2. The number of hydrogen-bond acceptors (Lipinski definition) is 4. The van der Waals surface area contributed by atoms with E-state index in [1.54, 1.807) is 26.4 Å². The molecule has 0 aliphatic heterocycles. The maximum Gasteiger partial charge on any atom is 0.279 e. The molecule has 0 unspecified atom stereocenters. The average molecular weight is 368 g/mol. The summed E-state index contributed by atoms with van der Waals surface area (Å²) < 4.78 is 13.7. The maximum atomic E-state index is 12.7. The predicted molar refractivity (Wildman–Crippen MR) is 104 cm³/mol. The van der Waals surface area contributed by atoms with Gasteiger partial charge in [-0.15, -0.1) is 6.58 Å². The van der Waals surface area contributed by atoms with E-state index in [1.165, 1.54) is 11.3 Å². The number of methoxy groups -OCH3 is 2. The van der Waals surface area contributed by atoms with E-state index < -0.39 is 0 Å². The molecule has 3 rings (SSSR count). The lowest BCUT2D eigenvalue weighted by Gasteiger charge is -2.08. The highest BCUT2D eigenvalue weighted by Crippen LogP contribution is 2.33. The van der Waals surface area contributed by atoms with Crippen LogP contribution in [-0.4, -0.2) is 24.7 Å². The highest BCUT2D eigenvalue weighted by Gasteiger charge is 2.13. The molecule has 0 aliphatic carbocycles. The third kappa shape index (κ3) is 3.28. The van der Waals surface area contributed by atoms with Crippen LogP contribution in [0.3, 0.4) is 0 Å². The van der Waals surface area contributed by atoms with Crippen molar-refractivity contribution in [1.82, 2.24) is 4.57 Å². The first-order valence-corrected chi connectivity index (χ1v) is 8.91. The Morgan fingerprint density at radius 1 is 1.23 bits per heavy atom. The Labute approximate surface area is 155 Å². The summed E-state index contributed by atoms with van der Waals surface area (Å²) in [6.45, 7) is 6.25. The molecule has 0 N–H and O–H groups in total. The van der Waals surface area contributed by atoms with Gasteiger partial charge in [-0.25, -0.2) is 0 Å². The molecule has 2 aromatic carbocycles. The summed E-state index contributed by atoms with van der Waals surface area (Å²) in [4.78, 5) is 17.7. The standard InChI is InChI=1S/C20H20N2O3S/c1-5-10-22-15-11-16(24-3)17(25-4)12-18(15)26-20(22)21-19(23)14-9-7-6-8-13(14)2/h5-9,11-12H,1,10H2,2-4H3. The SMILES string of the molecule is C=CCn1c(=NC(=O)c2ccccc2C)sc2cc(OC)c(OC)cc21. The van der Waals surface area contributed by atoms with E-state index in [-0.39, 0.29) is 5.91 Å². The first-order valence-electron chi connectivity index (χ1n) is 8.10. The van der Waals surface area contributed by atoms with Crippen LogP contribution in [0.25, 0.3) is 10.2 Å². The van der Waals surface area contributed by atoms with Crippen molar-refractivity contribution in [3.63, 3.8) is 0 Å². The first kappa shape index (κ1) is 17.9. The van der Waals surface area contributed by atoms with Crippen molar-refractivity contribution in [2.45, 2.75) is 13.5 Å². The van der Waals surface area contributed by atoms with Crippen LogP contribution >= 0.6 is 11.3 Å². The largest absolute Gasteiger partial charge is 0.493 e. The van der Waals surface area contributed by atoms with Crippen molar-refractivity contribution >= 4 is 27.5 Å². The quantitative estimate of drug-likeness (QED) is 0.641. The molecular weight excluding hydrogens is 348 g/mol. The highest BCUT2D eigenvalue weighted by molar-refractivity contribution is 7.16. The van der Waals surface area contributed by atoms with Crippen molar-refractivity contribution < 1.29 is 14.3 Å². The first-order chi connectivity index (χ1) is 12.6. The smallest absolute Gasteiger partial charge is 0.279 e. The zero-order valence-electron chi connectivity index (χ0n) is 15.0. The number of thiazole rings is 1. The zero-order chi connectivity index (χ0) is 18.7. The van der Waals surface area contributed by atoms with Crippen LogP contribution < -0.4 is 14.3 Å². The number of aromatic nitrogens is 1. The molecule has 0 saturated carbocycles. The Balaban J connectivity index is 2.21. The lowest BCUT2D eigenvalue weighted by Crippen LogP contribution is -2.16. The molecule has 1 amide bonds. The highest BCUT2D eigenvalue weighted by atomic mass is 32.1. The molecule has 0 spiro atoms. The van der Waals surface area contributed by atoms with Gasteiger partial charge in [0.25, 0.3) is 5.91 Å². The van der Waals surface area contributed by atoms with E-state index in [9.17, 15) is 4.79 Å². The van der Waals surface area contributed by atoms with Gasteiger partial charge in [-0.3, -0.25) is 4.79 Å². The zero-order valence-corrected chi connectivity index (χ0v) is 15.8. The van der Waals surface area contributed by atoms with Gasteiger partial charge in [0.2, 0.25) is 0 Å². The van der Waals surface area contributed by atoms with Crippen LogP contribution in [0.1, 0.15) is 15.9 Å². The van der Waals surface area contributed by atoms with Gasteiger partial charge in [0, 0.05) is 24.2 Å². The number of aryl methyl sites for hydroxylation is 1. The van der Waals surface area contributed by atoms with E-state index in [0.29, 0.717) is 28.4 Å². The molecule has 0 atom stereocenters. The maximum absolute atomic E-state index is 12.7. The van der Waals surface area contributed by atoms with Gasteiger partial charge in [-0.1, -0.05) is 35.6 Å². The summed E-state index contributed by atoms with van der Waals surface area (Å²) in [6, 6.07) is 11.2.